The summed E-state index contributed by atoms with van der Waals surface area (Å²) in [7, 11) is 0. The van der Waals surface area contributed by atoms with Crippen molar-refractivity contribution in [2.45, 2.75) is 20.8 Å². The number of Topliss-reactive ketones (excluding diaryl/α,β-unsaturated/α-hetero) is 1. The van der Waals surface area contributed by atoms with Gasteiger partial charge in [0.2, 0.25) is 0 Å². The number of rotatable bonds is 1. The molecule has 17 heavy (non-hydrogen) atoms. The Bertz CT molecular complexity index is 336. The molecule has 0 spiro atoms. The van der Waals surface area contributed by atoms with Gasteiger partial charge in [0.15, 0.2) is 5.78 Å². The molecule has 5 nitrogen and oxygen atoms in total. The van der Waals surface area contributed by atoms with Gasteiger partial charge in [0.1, 0.15) is 0 Å². The third kappa shape index (κ3) is 20.0. The molecule has 0 heterocycles. The first-order chi connectivity index (χ1) is 7.77. The van der Waals surface area contributed by atoms with E-state index in [4.69, 9.17) is 19.8 Å². The minimum Gasteiger partial charge on any atom is -0.481 e. The summed E-state index contributed by atoms with van der Waals surface area (Å²) in [6, 6.07) is 9.23. The summed E-state index contributed by atoms with van der Waals surface area (Å²) in [5.74, 6) is -1.55. The number of hydrogen-bond donors (Lipinski definition) is 2. The van der Waals surface area contributed by atoms with Crippen LogP contribution in [0.25, 0.3) is 0 Å². The predicted octanol–water partition coefficient (Wildman–Crippen LogP) is 2.07. The second-order valence-electron chi connectivity index (χ2n) is 2.96. The molecule has 1 rings (SSSR count). The molecule has 0 aliphatic carbocycles. The average Bonchev–Trinajstić information content (AvgIpc) is 2.17. The Labute approximate surface area is 99.7 Å². The fourth-order valence-electron chi connectivity index (χ4n) is 0.673. The van der Waals surface area contributed by atoms with Crippen molar-refractivity contribution in [2.24, 2.45) is 0 Å². The van der Waals surface area contributed by atoms with Gasteiger partial charge in [0.25, 0.3) is 11.9 Å². The second kappa shape index (κ2) is 10.4. The van der Waals surface area contributed by atoms with Gasteiger partial charge in [0, 0.05) is 19.4 Å². The maximum absolute atomic E-state index is 10.6. The SMILES string of the molecule is CC(=O)O.CC(=O)O.CC(=O)c1ccccc1. The lowest BCUT2D eigenvalue weighted by Gasteiger charge is -1.89. The number of benzene rings is 1. The molecule has 0 radical (unpaired) electrons. The topological polar surface area (TPSA) is 91.7 Å². The summed E-state index contributed by atoms with van der Waals surface area (Å²) >= 11 is 0. The van der Waals surface area contributed by atoms with Crippen LogP contribution in [0.2, 0.25) is 0 Å². The number of carbonyl (C=O) groups is 3. The standard InChI is InChI=1S/C8H8O.2C2H4O2/c1-7(9)8-5-3-2-4-6-8;2*1-2(3)4/h2-6H,1H3;2*1H3,(H,3,4). The Morgan fingerprint density at radius 3 is 1.29 bits per heavy atom. The molecule has 94 valence electrons. The van der Waals surface area contributed by atoms with E-state index < -0.39 is 11.9 Å². The number of hydrogen-bond acceptors (Lipinski definition) is 3. The zero-order chi connectivity index (χ0) is 13.8. The van der Waals surface area contributed by atoms with Gasteiger partial charge < -0.3 is 10.2 Å². The second-order valence-corrected chi connectivity index (χ2v) is 2.96. The summed E-state index contributed by atoms with van der Waals surface area (Å²) in [4.78, 5) is 28.6. The zero-order valence-electron chi connectivity index (χ0n) is 10.0. The monoisotopic (exact) mass is 240 g/mol. The van der Waals surface area contributed by atoms with E-state index in [1.54, 1.807) is 6.92 Å². The largest absolute Gasteiger partial charge is 0.481 e. The minimum atomic E-state index is -0.833. The minimum absolute atomic E-state index is 0.121. The summed E-state index contributed by atoms with van der Waals surface area (Å²) in [6.45, 7) is 3.73. The smallest absolute Gasteiger partial charge is 0.300 e. The van der Waals surface area contributed by atoms with Crippen LogP contribution in [0.15, 0.2) is 30.3 Å². The lowest BCUT2D eigenvalue weighted by molar-refractivity contribution is -0.135. The van der Waals surface area contributed by atoms with E-state index in [0.29, 0.717) is 0 Å². The van der Waals surface area contributed by atoms with Crippen molar-refractivity contribution >= 4 is 17.7 Å². The third-order valence-corrected chi connectivity index (χ3v) is 1.18. The molecule has 0 bridgehead atoms. The fourth-order valence-corrected chi connectivity index (χ4v) is 0.673. The number of ketones is 1. The van der Waals surface area contributed by atoms with Gasteiger partial charge in [-0.3, -0.25) is 14.4 Å². The van der Waals surface area contributed by atoms with Crippen LogP contribution in [0.5, 0.6) is 0 Å². The van der Waals surface area contributed by atoms with E-state index in [0.717, 1.165) is 19.4 Å². The number of carboxylic acids is 2. The first-order valence-corrected chi connectivity index (χ1v) is 4.72. The molecule has 0 aromatic heterocycles. The van der Waals surface area contributed by atoms with Crippen LogP contribution in [0.1, 0.15) is 31.1 Å². The van der Waals surface area contributed by atoms with Gasteiger partial charge in [-0.2, -0.15) is 0 Å². The van der Waals surface area contributed by atoms with Gasteiger partial charge in [-0.05, 0) is 6.92 Å². The molecule has 0 saturated heterocycles. The number of carboxylic acid groups (broad SMARTS) is 2. The van der Waals surface area contributed by atoms with Crippen LogP contribution < -0.4 is 0 Å². The molecule has 0 saturated carbocycles. The van der Waals surface area contributed by atoms with E-state index >= 15 is 0 Å². The predicted molar refractivity (Wildman–Crippen MR) is 63.1 cm³/mol. The van der Waals surface area contributed by atoms with E-state index in [1.165, 1.54) is 0 Å². The van der Waals surface area contributed by atoms with Crippen molar-refractivity contribution in [2.75, 3.05) is 0 Å². The number of aliphatic carboxylic acids is 2. The van der Waals surface area contributed by atoms with Crippen LogP contribution in [0.3, 0.4) is 0 Å². The molecule has 0 fully saturated rings. The van der Waals surface area contributed by atoms with Crippen molar-refractivity contribution < 1.29 is 24.6 Å². The Morgan fingerprint density at radius 1 is 0.824 bits per heavy atom. The lowest BCUT2D eigenvalue weighted by Crippen LogP contribution is -1.88. The van der Waals surface area contributed by atoms with Gasteiger partial charge in [-0.1, -0.05) is 30.3 Å². The van der Waals surface area contributed by atoms with Crippen molar-refractivity contribution in [1.82, 2.24) is 0 Å². The van der Waals surface area contributed by atoms with Gasteiger partial charge in [-0.15, -0.1) is 0 Å². The van der Waals surface area contributed by atoms with E-state index in [2.05, 4.69) is 0 Å². The molecule has 1 aromatic carbocycles. The average molecular weight is 240 g/mol. The molecule has 0 atom stereocenters. The molecule has 0 unspecified atom stereocenters. The molecule has 0 aliphatic rings. The first kappa shape index (κ1) is 17.2. The highest BCUT2D eigenvalue weighted by Crippen LogP contribution is 1.97. The van der Waals surface area contributed by atoms with Crippen molar-refractivity contribution in [3.8, 4) is 0 Å². The number of carbonyl (C=O) groups excluding carboxylic acids is 1. The summed E-state index contributed by atoms with van der Waals surface area (Å²) in [5.41, 5.74) is 0.775. The first-order valence-electron chi connectivity index (χ1n) is 4.72. The van der Waals surface area contributed by atoms with Crippen molar-refractivity contribution in [1.29, 1.82) is 0 Å². The normalized spacial score (nSPS) is 7.71. The summed E-state index contributed by atoms with van der Waals surface area (Å²) in [5, 5.41) is 14.8. The van der Waals surface area contributed by atoms with Crippen molar-refractivity contribution in [3.05, 3.63) is 35.9 Å². The molecule has 5 heteroatoms. The lowest BCUT2D eigenvalue weighted by atomic mass is 10.2. The molecular weight excluding hydrogens is 224 g/mol. The van der Waals surface area contributed by atoms with Crippen LogP contribution in [0.4, 0.5) is 0 Å². The quantitative estimate of drug-likeness (QED) is 0.733. The Hall–Kier alpha value is -2.17. The van der Waals surface area contributed by atoms with Gasteiger partial charge in [-0.25, -0.2) is 0 Å². The Balaban J connectivity index is 0. The highest BCUT2D eigenvalue weighted by Gasteiger charge is 1.92. The Morgan fingerprint density at radius 2 is 1.12 bits per heavy atom. The molecule has 2 N–H and O–H groups in total. The van der Waals surface area contributed by atoms with Crippen LogP contribution in [0, 0.1) is 0 Å². The molecule has 1 aromatic rings. The molecule has 0 amide bonds. The highest BCUT2D eigenvalue weighted by molar-refractivity contribution is 5.93. The van der Waals surface area contributed by atoms with Gasteiger partial charge in [0.05, 0.1) is 0 Å². The van der Waals surface area contributed by atoms with Crippen LogP contribution >= 0.6 is 0 Å². The van der Waals surface area contributed by atoms with Gasteiger partial charge >= 0.3 is 0 Å². The molecule has 0 aliphatic heterocycles. The maximum atomic E-state index is 10.6. The van der Waals surface area contributed by atoms with Crippen molar-refractivity contribution in [3.63, 3.8) is 0 Å². The maximum Gasteiger partial charge on any atom is 0.300 e. The summed E-state index contributed by atoms with van der Waals surface area (Å²) in [6.07, 6.45) is 0. The fraction of sp³-hybridized carbons (Fsp3) is 0.250. The van der Waals surface area contributed by atoms with Crippen LogP contribution in [-0.2, 0) is 9.59 Å². The third-order valence-electron chi connectivity index (χ3n) is 1.18. The highest BCUT2D eigenvalue weighted by atomic mass is 16.4. The van der Waals surface area contributed by atoms with Crippen LogP contribution in [-0.4, -0.2) is 27.9 Å². The van der Waals surface area contributed by atoms with E-state index in [-0.39, 0.29) is 5.78 Å². The summed E-state index contributed by atoms with van der Waals surface area (Å²) < 4.78 is 0. The zero-order valence-corrected chi connectivity index (χ0v) is 10.0. The molecular formula is C12H16O5. The Kier molecular flexibility index (Phi) is 10.5. The van der Waals surface area contributed by atoms with E-state index in [9.17, 15) is 4.79 Å². The van der Waals surface area contributed by atoms with E-state index in [1.807, 2.05) is 30.3 Å².